The third-order valence-electron chi connectivity index (χ3n) is 3.11. The van der Waals surface area contributed by atoms with Crippen LogP contribution in [0.5, 0.6) is 0 Å². The molecule has 0 bridgehead atoms. The first-order valence-electron chi connectivity index (χ1n) is 6.65. The molecule has 4 nitrogen and oxygen atoms in total. The van der Waals surface area contributed by atoms with Gasteiger partial charge in [0.15, 0.2) is 5.82 Å². The summed E-state index contributed by atoms with van der Waals surface area (Å²) in [6.07, 6.45) is -0.869. The quantitative estimate of drug-likeness (QED) is 0.869. The van der Waals surface area contributed by atoms with Crippen molar-refractivity contribution in [1.29, 1.82) is 0 Å². The predicted molar refractivity (Wildman–Crippen MR) is 78.4 cm³/mol. The Kier molecular flexibility index (Phi) is 3.82. The molecule has 8 heteroatoms. The molecule has 2 aromatic rings. The van der Waals surface area contributed by atoms with E-state index in [9.17, 15) is 13.2 Å². The number of nitrogens with zero attached hydrogens (tertiary/aromatic N) is 2. The molecule has 0 atom stereocenters. The lowest BCUT2D eigenvalue weighted by Crippen LogP contribution is -2.08. The van der Waals surface area contributed by atoms with Crippen LogP contribution in [0.1, 0.15) is 18.4 Å². The highest BCUT2D eigenvalue weighted by Crippen LogP contribution is 2.32. The Balaban J connectivity index is 1.82. The van der Waals surface area contributed by atoms with Gasteiger partial charge in [0.1, 0.15) is 5.02 Å². The molecular formula is C14H12ClF3N4. The van der Waals surface area contributed by atoms with Crippen molar-refractivity contribution in [2.75, 3.05) is 10.6 Å². The molecule has 1 fully saturated rings. The van der Waals surface area contributed by atoms with Crippen LogP contribution in [0.4, 0.5) is 30.6 Å². The van der Waals surface area contributed by atoms with Crippen molar-refractivity contribution in [1.82, 2.24) is 9.97 Å². The zero-order chi connectivity index (χ0) is 15.7. The first kappa shape index (κ1) is 14.9. The third-order valence-corrected chi connectivity index (χ3v) is 3.38. The van der Waals surface area contributed by atoms with Crippen LogP contribution in [0, 0.1) is 0 Å². The molecule has 0 radical (unpaired) electrons. The average Bonchev–Trinajstić information content (AvgIpc) is 3.26. The van der Waals surface area contributed by atoms with E-state index in [0.29, 0.717) is 12.0 Å². The number of halogens is 4. The van der Waals surface area contributed by atoms with E-state index in [1.807, 2.05) is 0 Å². The number of alkyl halides is 3. The number of anilines is 3. The van der Waals surface area contributed by atoms with E-state index in [2.05, 4.69) is 20.6 Å². The maximum Gasteiger partial charge on any atom is 0.416 e. The van der Waals surface area contributed by atoms with Crippen LogP contribution in [0.3, 0.4) is 0 Å². The SMILES string of the molecule is FC(F)(F)c1cccc(Nc2nc(NC3CC3)ncc2Cl)c1. The highest BCUT2D eigenvalue weighted by molar-refractivity contribution is 6.32. The molecule has 2 N–H and O–H groups in total. The molecule has 0 amide bonds. The minimum atomic E-state index is -4.40. The molecule has 0 spiro atoms. The Bertz CT molecular complexity index is 686. The van der Waals surface area contributed by atoms with Gasteiger partial charge < -0.3 is 10.6 Å². The monoisotopic (exact) mass is 328 g/mol. The summed E-state index contributed by atoms with van der Waals surface area (Å²) in [5.41, 5.74) is -0.480. The molecule has 1 saturated carbocycles. The normalized spacial score (nSPS) is 14.7. The molecule has 1 aliphatic carbocycles. The summed E-state index contributed by atoms with van der Waals surface area (Å²) in [7, 11) is 0. The van der Waals surface area contributed by atoms with Crippen LogP contribution in [0.15, 0.2) is 30.5 Å². The van der Waals surface area contributed by atoms with Gasteiger partial charge in [0.2, 0.25) is 5.95 Å². The predicted octanol–water partition coefficient (Wildman–Crippen LogP) is 4.47. The van der Waals surface area contributed by atoms with Gasteiger partial charge >= 0.3 is 6.18 Å². The van der Waals surface area contributed by atoms with Crippen molar-refractivity contribution in [3.8, 4) is 0 Å². The topological polar surface area (TPSA) is 49.8 Å². The van der Waals surface area contributed by atoms with Gasteiger partial charge in [0.05, 0.1) is 11.8 Å². The summed E-state index contributed by atoms with van der Waals surface area (Å²) in [6.45, 7) is 0. The Hall–Kier alpha value is -2.02. The van der Waals surface area contributed by atoms with E-state index < -0.39 is 11.7 Å². The van der Waals surface area contributed by atoms with Gasteiger partial charge in [-0.2, -0.15) is 18.2 Å². The molecule has 0 saturated heterocycles. The first-order valence-corrected chi connectivity index (χ1v) is 7.03. The van der Waals surface area contributed by atoms with Gasteiger partial charge in [-0.25, -0.2) is 4.98 Å². The van der Waals surface area contributed by atoms with E-state index in [4.69, 9.17) is 11.6 Å². The summed E-state index contributed by atoms with van der Waals surface area (Å²) < 4.78 is 38.1. The molecule has 1 aromatic carbocycles. The number of aromatic nitrogens is 2. The minimum absolute atomic E-state index is 0.235. The molecule has 3 rings (SSSR count). The Morgan fingerprint density at radius 3 is 2.68 bits per heavy atom. The fraction of sp³-hybridized carbons (Fsp3) is 0.286. The lowest BCUT2D eigenvalue weighted by atomic mass is 10.2. The van der Waals surface area contributed by atoms with Crippen molar-refractivity contribution in [3.05, 3.63) is 41.0 Å². The highest BCUT2D eigenvalue weighted by Gasteiger charge is 2.30. The Labute approximate surface area is 129 Å². The minimum Gasteiger partial charge on any atom is -0.351 e. The molecule has 1 aliphatic rings. The maximum absolute atomic E-state index is 12.7. The van der Waals surface area contributed by atoms with Gasteiger partial charge in [0.25, 0.3) is 0 Å². The smallest absolute Gasteiger partial charge is 0.351 e. The fourth-order valence-corrected chi connectivity index (χ4v) is 1.98. The molecule has 0 unspecified atom stereocenters. The number of nitrogens with one attached hydrogen (secondary N) is 2. The average molecular weight is 329 g/mol. The lowest BCUT2D eigenvalue weighted by molar-refractivity contribution is -0.137. The van der Waals surface area contributed by atoms with E-state index in [0.717, 1.165) is 25.0 Å². The standard InChI is InChI=1S/C14H12ClF3N4/c15-11-7-19-13(21-9-4-5-9)22-12(11)20-10-3-1-2-8(6-10)14(16,17)18/h1-3,6-7,9H,4-5H2,(H2,19,20,21,22). The largest absolute Gasteiger partial charge is 0.416 e. The van der Waals surface area contributed by atoms with Crippen molar-refractivity contribution in [3.63, 3.8) is 0 Å². The molecule has 1 heterocycles. The van der Waals surface area contributed by atoms with Crippen LogP contribution < -0.4 is 10.6 Å². The van der Waals surface area contributed by atoms with Gasteiger partial charge in [-0.15, -0.1) is 0 Å². The summed E-state index contributed by atoms with van der Waals surface area (Å²) in [6, 6.07) is 5.22. The number of hydrogen-bond donors (Lipinski definition) is 2. The van der Waals surface area contributed by atoms with E-state index >= 15 is 0 Å². The summed E-state index contributed by atoms with van der Waals surface area (Å²) in [4.78, 5) is 8.24. The van der Waals surface area contributed by atoms with Crippen LogP contribution in [0.25, 0.3) is 0 Å². The van der Waals surface area contributed by atoms with Crippen molar-refractivity contribution in [2.45, 2.75) is 25.1 Å². The second kappa shape index (κ2) is 5.64. The molecule has 0 aliphatic heterocycles. The van der Waals surface area contributed by atoms with Gasteiger partial charge in [-0.05, 0) is 31.0 Å². The van der Waals surface area contributed by atoms with Crippen LogP contribution in [-0.4, -0.2) is 16.0 Å². The highest BCUT2D eigenvalue weighted by atomic mass is 35.5. The second-order valence-corrected chi connectivity index (χ2v) is 5.42. The molecule has 22 heavy (non-hydrogen) atoms. The molecule has 116 valence electrons. The maximum atomic E-state index is 12.7. The first-order chi connectivity index (χ1) is 10.4. The second-order valence-electron chi connectivity index (χ2n) is 5.01. The zero-order valence-corrected chi connectivity index (χ0v) is 12.0. The van der Waals surface area contributed by atoms with Gasteiger partial charge in [-0.3, -0.25) is 0 Å². The fourth-order valence-electron chi connectivity index (χ4n) is 1.84. The lowest BCUT2D eigenvalue weighted by Gasteiger charge is -2.12. The van der Waals surface area contributed by atoms with E-state index in [1.54, 1.807) is 0 Å². The number of rotatable bonds is 4. The van der Waals surface area contributed by atoms with E-state index in [-0.39, 0.29) is 16.5 Å². The van der Waals surface area contributed by atoms with Crippen LogP contribution in [0.2, 0.25) is 5.02 Å². The van der Waals surface area contributed by atoms with Crippen molar-refractivity contribution >= 4 is 29.1 Å². The van der Waals surface area contributed by atoms with Crippen LogP contribution >= 0.6 is 11.6 Å². The zero-order valence-electron chi connectivity index (χ0n) is 11.3. The Morgan fingerprint density at radius 2 is 2.00 bits per heavy atom. The number of benzene rings is 1. The van der Waals surface area contributed by atoms with Gasteiger partial charge in [-0.1, -0.05) is 17.7 Å². The molecule has 1 aromatic heterocycles. The summed E-state index contributed by atoms with van der Waals surface area (Å²) in [5.74, 6) is 0.667. The number of hydrogen-bond acceptors (Lipinski definition) is 4. The summed E-state index contributed by atoms with van der Waals surface area (Å²) >= 11 is 5.99. The third kappa shape index (κ3) is 3.59. The van der Waals surface area contributed by atoms with Crippen molar-refractivity contribution < 1.29 is 13.2 Å². The van der Waals surface area contributed by atoms with E-state index in [1.165, 1.54) is 18.3 Å². The molecular weight excluding hydrogens is 317 g/mol. The van der Waals surface area contributed by atoms with Crippen molar-refractivity contribution in [2.24, 2.45) is 0 Å². The van der Waals surface area contributed by atoms with Crippen LogP contribution in [-0.2, 0) is 6.18 Å². The Morgan fingerprint density at radius 1 is 1.23 bits per heavy atom. The summed E-state index contributed by atoms with van der Waals surface area (Å²) in [5, 5.41) is 6.13. The van der Waals surface area contributed by atoms with Gasteiger partial charge in [0, 0.05) is 11.7 Å².